The van der Waals surface area contributed by atoms with Crippen LogP contribution in [0.5, 0.6) is 0 Å². The van der Waals surface area contributed by atoms with Gasteiger partial charge in [0.15, 0.2) is 0 Å². The molecule has 2 rings (SSSR count). The van der Waals surface area contributed by atoms with E-state index in [0.717, 1.165) is 5.56 Å². The van der Waals surface area contributed by atoms with Crippen LogP contribution in [-0.2, 0) is 0 Å². The van der Waals surface area contributed by atoms with Crippen LogP contribution in [0.4, 0.5) is 8.78 Å². The Labute approximate surface area is 98.9 Å². The Morgan fingerprint density at radius 1 is 0.882 bits per heavy atom. The van der Waals surface area contributed by atoms with Crippen molar-refractivity contribution in [3.8, 4) is 23.0 Å². The lowest BCUT2D eigenvalue weighted by molar-refractivity contribution is 0.578. The van der Waals surface area contributed by atoms with Gasteiger partial charge in [-0.05, 0) is 30.2 Å². The molecule has 0 saturated heterocycles. The molecule has 2 heteroatoms. The summed E-state index contributed by atoms with van der Waals surface area (Å²) in [5.74, 6) is 3.66. The maximum atomic E-state index is 13.6. The Bertz CT molecular complexity index is 566. The Hall–Kier alpha value is -2.14. The highest BCUT2D eigenvalue weighted by Crippen LogP contribution is 2.23. The molecule has 0 fully saturated rings. The average molecular weight is 228 g/mol. The molecule has 17 heavy (non-hydrogen) atoms. The summed E-state index contributed by atoms with van der Waals surface area (Å²) in [4.78, 5) is 0. The van der Waals surface area contributed by atoms with Gasteiger partial charge < -0.3 is 0 Å². The minimum Gasteiger partial charge on any atom is -0.205 e. The van der Waals surface area contributed by atoms with Gasteiger partial charge in [0.2, 0.25) is 0 Å². The summed E-state index contributed by atoms with van der Waals surface area (Å²) in [5, 5.41) is 0. The summed E-state index contributed by atoms with van der Waals surface area (Å²) in [6.45, 7) is 1.55. The van der Waals surface area contributed by atoms with E-state index in [1.165, 1.54) is 12.1 Å². The first-order chi connectivity index (χ1) is 8.22. The molecule has 0 atom stereocenters. The highest BCUT2D eigenvalue weighted by Gasteiger charge is 2.09. The first-order valence-electron chi connectivity index (χ1n) is 5.19. The fourth-order valence-corrected chi connectivity index (χ4v) is 1.61. The molecule has 2 aromatic carbocycles. The van der Waals surface area contributed by atoms with Crippen molar-refractivity contribution in [1.82, 2.24) is 0 Å². The van der Waals surface area contributed by atoms with Crippen LogP contribution in [0, 0.1) is 23.5 Å². The molecule has 0 bridgehead atoms. The van der Waals surface area contributed by atoms with E-state index in [9.17, 15) is 8.78 Å². The molecule has 0 heterocycles. The summed E-state index contributed by atoms with van der Waals surface area (Å²) >= 11 is 0. The number of hydrogen-bond acceptors (Lipinski definition) is 0. The number of halogens is 2. The average Bonchev–Trinajstić information content (AvgIpc) is 2.35. The summed E-state index contributed by atoms with van der Waals surface area (Å²) in [6, 6.07) is 11.7. The van der Waals surface area contributed by atoms with E-state index in [1.807, 2.05) is 18.2 Å². The van der Waals surface area contributed by atoms with Gasteiger partial charge in [-0.2, -0.15) is 0 Å². The van der Waals surface area contributed by atoms with Crippen LogP contribution in [0.3, 0.4) is 0 Å². The van der Waals surface area contributed by atoms with Gasteiger partial charge in [0.25, 0.3) is 0 Å². The van der Waals surface area contributed by atoms with Crippen molar-refractivity contribution in [1.29, 1.82) is 0 Å². The zero-order valence-corrected chi connectivity index (χ0v) is 9.30. The lowest BCUT2D eigenvalue weighted by atomic mass is 10.0. The van der Waals surface area contributed by atoms with Gasteiger partial charge in [0, 0.05) is 0 Å². The third-order valence-electron chi connectivity index (χ3n) is 2.40. The molecule has 0 aliphatic heterocycles. The smallest absolute Gasteiger partial charge is 0.142 e. The Morgan fingerprint density at radius 3 is 2.00 bits per heavy atom. The molecule has 84 valence electrons. The summed E-state index contributed by atoms with van der Waals surface area (Å²) in [5.41, 5.74) is 1.12. The van der Waals surface area contributed by atoms with Gasteiger partial charge in [-0.3, -0.25) is 0 Å². The van der Waals surface area contributed by atoms with Gasteiger partial charge in [0.05, 0.1) is 5.56 Å². The second kappa shape index (κ2) is 4.80. The van der Waals surface area contributed by atoms with E-state index < -0.39 is 11.6 Å². The summed E-state index contributed by atoms with van der Waals surface area (Å²) in [6.07, 6.45) is 0. The van der Waals surface area contributed by atoms with Gasteiger partial charge in [-0.25, -0.2) is 8.78 Å². The molecule has 0 spiro atoms. The van der Waals surface area contributed by atoms with Gasteiger partial charge >= 0.3 is 0 Å². The van der Waals surface area contributed by atoms with Crippen molar-refractivity contribution in [2.24, 2.45) is 0 Å². The first-order valence-corrected chi connectivity index (χ1v) is 5.19. The number of benzene rings is 2. The van der Waals surface area contributed by atoms with E-state index in [2.05, 4.69) is 11.8 Å². The standard InChI is InChI=1S/C15H10F2/c1-2-6-13-14(16)9-12(10-15(13)17)11-7-4-3-5-8-11/h3-5,7-10H,1H3. The Balaban J connectivity index is 2.56. The second-order valence-corrected chi connectivity index (χ2v) is 3.56. The van der Waals surface area contributed by atoms with Crippen molar-refractivity contribution < 1.29 is 8.78 Å². The predicted octanol–water partition coefficient (Wildman–Crippen LogP) is 4.00. The lowest BCUT2D eigenvalue weighted by Gasteiger charge is -2.04. The molecule has 0 nitrogen and oxygen atoms in total. The molecule has 0 saturated carbocycles. The molecule has 0 aromatic heterocycles. The fourth-order valence-electron chi connectivity index (χ4n) is 1.61. The normalized spacial score (nSPS) is 9.59. The molecule has 0 N–H and O–H groups in total. The number of rotatable bonds is 1. The maximum absolute atomic E-state index is 13.6. The van der Waals surface area contributed by atoms with Crippen molar-refractivity contribution in [2.45, 2.75) is 6.92 Å². The van der Waals surface area contributed by atoms with Crippen molar-refractivity contribution in [3.05, 3.63) is 59.7 Å². The third kappa shape index (κ3) is 2.34. The van der Waals surface area contributed by atoms with Gasteiger partial charge in [0.1, 0.15) is 11.6 Å². The monoisotopic (exact) mass is 228 g/mol. The minimum absolute atomic E-state index is 0.174. The highest BCUT2D eigenvalue weighted by atomic mass is 19.1. The van der Waals surface area contributed by atoms with Crippen molar-refractivity contribution >= 4 is 0 Å². The predicted molar refractivity (Wildman–Crippen MR) is 64.3 cm³/mol. The SMILES string of the molecule is CC#Cc1c(F)cc(-c2ccccc2)cc1F. The molecule has 0 unspecified atom stereocenters. The van der Waals surface area contributed by atoms with Crippen LogP contribution in [0.15, 0.2) is 42.5 Å². The van der Waals surface area contributed by atoms with E-state index in [-0.39, 0.29) is 5.56 Å². The third-order valence-corrected chi connectivity index (χ3v) is 2.40. The van der Waals surface area contributed by atoms with Crippen LogP contribution >= 0.6 is 0 Å². The molecule has 0 radical (unpaired) electrons. The lowest BCUT2D eigenvalue weighted by Crippen LogP contribution is -1.92. The van der Waals surface area contributed by atoms with Crippen molar-refractivity contribution in [3.63, 3.8) is 0 Å². The van der Waals surface area contributed by atoms with Crippen LogP contribution in [-0.4, -0.2) is 0 Å². The molecular formula is C15H10F2. The van der Waals surface area contributed by atoms with Crippen LogP contribution in [0.2, 0.25) is 0 Å². The van der Waals surface area contributed by atoms with Crippen LogP contribution < -0.4 is 0 Å². The van der Waals surface area contributed by atoms with Gasteiger partial charge in [-0.1, -0.05) is 36.3 Å². The molecule has 0 aliphatic carbocycles. The van der Waals surface area contributed by atoms with E-state index >= 15 is 0 Å². The van der Waals surface area contributed by atoms with E-state index in [0.29, 0.717) is 5.56 Å². The Kier molecular flexibility index (Phi) is 3.20. The quantitative estimate of drug-likeness (QED) is 0.647. The summed E-state index contributed by atoms with van der Waals surface area (Å²) in [7, 11) is 0. The van der Waals surface area contributed by atoms with Crippen LogP contribution in [0.1, 0.15) is 12.5 Å². The maximum Gasteiger partial charge on any atom is 0.142 e. The second-order valence-electron chi connectivity index (χ2n) is 3.56. The fraction of sp³-hybridized carbons (Fsp3) is 0.0667. The van der Waals surface area contributed by atoms with E-state index in [4.69, 9.17) is 0 Å². The van der Waals surface area contributed by atoms with E-state index in [1.54, 1.807) is 19.1 Å². The first kappa shape index (κ1) is 11.3. The molecular weight excluding hydrogens is 218 g/mol. The van der Waals surface area contributed by atoms with Gasteiger partial charge in [-0.15, -0.1) is 5.92 Å². The van der Waals surface area contributed by atoms with Crippen LogP contribution in [0.25, 0.3) is 11.1 Å². The largest absolute Gasteiger partial charge is 0.205 e. The van der Waals surface area contributed by atoms with Crippen molar-refractivity contribution in [2.75, 3.05) is 0 Å². The molecule has 0 amide bonds. The summed E-state index contributed by atoms with van der Waals surface area (Å²) < 4.78 is 27.3. The number of hydrogen-bond donors (Lipinski definition) is 0. The molecule has 2 aromatic rings. The zero-order chi connectivity index (χ0) is 12.3. The Morgan fingerprint density at radius 2 is 1.47 bits per heavy atom. The highest BCUT2D eigenvalue weighted by molar-refractivity contribution is 5.64. The molecule has 0 aliphatic rings. The topological polar surface area (TPSA) is 0 Å². The zero-order valence-electron chi connectivity index (χ0n) is 9.30. The minimum atomic E-state index is -0.627.